The second kappa shape index (κ2) is 111. The highest BCUT2D eigenvalue weighted by molar-refractivity contribution is 4.93. The number of halogens is 6. The molecule has 0 N–H and O–H groups in total. The van der Waals surface area contributed by atoms with Crippen molar-refractivity contribution in [3.05, 3.63) is 24.8 Å². The molecular formula is C103H222F6O. The van der Waals surface area contributed by atoms with E-state index in [0.29, 0.717) is 10.8 Å². The van der Waals surface area contributed by atoms with Crippen LogP contribution in [0.4, 0.5) is 26.3 Å². The average molecular weight is 1590 g/mol. The van der Waals surface area contributed by atoms with Gasteiger partial charge in [-0.1, -0.05) is 439 Å². The number of terminal acetylenes is 1. The standard InChI is InChI=1S/C7H14.2C7H16.2C6H12.2C6H14.C5H10.2C5H12.C5H10.C5H8.C4H7F3.C4H10O.C4H8.2C4H10.C4H8.C4H6.C3H5F3.2CH4/c1-7-5-3-2-4-6-7;1-6(2)7(3,4)5;1-6(2)5-7(3)4;1-5(2)6-3-4-6;1-6-4-2-3-5-6;1-5-6(2,3)4;1-5(2)6(3)4;1-2-5-3-4-5;3*1-4-5(2)3;1-3-5-4-2;1-3(2)4(5,6)7;1-3-4-5-2;1-4-2-3-4;1-4(2)3;3*1-3-4-2;1-2-3(4,5)6;;/h7H,2-6H2,1H3;6H,1-5H3;6-7H,5H2,1-4H3;5-6H,3-4H2,1-2H3;6H,2-5H2,1H3;5H2,1-4H3;5-6H,1-4H3;5H,2-4H2,1H3;2*5H,4H2,1-3H3;2,4H2,1,3H3;3H2,1-2H3;3H,1-2H3;3-4H2,1-2H3;4H,2-3H2,1H3;4H,1-3H3;3-4H2,1-2H3;3H,1,4H2,2H3;1H,4H2,2H3;2H2,1H3;2*1H4. The fraction of sp³-hybridized carbons (Fsp3) is 0.922. The zero-order valence-corrected chi connectivity index (χ0v) is 83.4. The van der Waals surface area contributed by atoms with Crippen molar-refractivity contribution in [2.24, 2.45) is 99.6 Å². The lowest BCUT2D eigenvalue weighted by atomic mass is 9.84. The van der Waals surface area contributed by atoms with E-state index in [2.05, 4.69) is 287 Å². The van der Waals surface area contributed by atoms with Gasteiger partial charge in [0, 0.05) is 38.9 Å². The van der Waals surface area contributed by atoms with Crippen LogP contribution in [-0.4, -0.2) is 26.1 Å². The van der Waals surface area contributed by atoms with E-state index >= 15 is 0 Å². The molecule has 5 aliphatic rings. The molecule has 5 saturated carbocycles. The Kier molecular flexibility index (Phi) is 151. The molecule has 0 unspecified atom stereocenters. The van der Waals surface area contributed by atoms with Crippen molar-refractivity contribution in [2.75, 3.05) is 13.7 Å². The summed E-state index contributed by atoms with van der Waals surface area (Å²) in [5, 5.41) is 0. The van der Waals surface area contributed by atoms with Gasteiger partial charge in [0.1, 0.15) is 0 Å². The van der Waals surface area contributed by atoms with E-state index in [9.17, 15) is 26.3 Å². The minimum absolute atomic E-state index is 0. The molecule has 0 heterocycles. The van der Waals surface area contributed by atoms with Gasteiger partial charge in [0.25, 0.3) is 0 Å². The average Bonchev–Trinajstić information content (AvgIpc) is 1.78. The minimum Gasteiger partial charge on any atom is -0.385 e. The van der Waals surface area contributed by atoms with E-state index in [1.54, 1.807) is 7.11 Å². The van der Waals surface area contributed by atoms with Crippen LogP contribution in [0.15, 0.2) is 24.8 Å². The van der Waals surface area contributed by atoms with Crippen LogP contribution >= 0.6 is 0 Å². The van der Waals surface area contributed by atoms with Gasteiger partial charge in [0.2, 0.25) is 0 Å². The summed E-state index contributed by atoms with van der Waals surface area (Å²) < 4.78 is 70.6. The Balaban J connectivity index is -0.0000000553. The number of hydrogen-bond donors (Lipinski definition) is 0. The van der Waals surface area contributed by atoms with Gasteiger partial charge in [-0.05, 0) is 146 Å². The van der Waals surface area contributed by atoms with Gasteiger partial charge in [-0.3, -0.25) is 0 Å². The minimum atomic E-state index is -4.00. The van der Waals surface area contributed by atoms with Gasteiger partial charge in [-0.2, -0.15) is 26.3 Å². The smallest absolute Gasteiger partial charge is 0.385 e. The van der Waals surface area contributed by atoms with Gasteiger partial charge in [-0.15, -0.1) is 37.3 Å². The first-order valence-corrected chi connectivity index (χ1v) is 45.0. The number of ether oxygens (including phenoxy) is 1. The van der Waals surface area contributed by atoms with Crippen molar-refractivity contribution in [3.63, 3.8) is 0 Å². The molecule has 0 aliphatic heterocycles. The number of methoxy groups -OCH3 is 1. The van der Waals surface area contributed by atoms with Crippen LogP contribution in [0.2, 0.25) is 0 Å². The molecule has 0 aromatic carbocycles. The van der Waals surface area contributed by atoms with Gasteiger partial charge >= 0.3 is 12.4 Å². The maximum Gasteiger partial charge on any atom is 0.391 e. The highest BCUT2D eigenvalue weighted by atomic mass is 19.4. The third kappa shape index (κ3) is 260. The highest BCUT2D eigenvalue weighted by Crippen LogP contribution is 2.36. The van der Waals surface area contributed by atoms with E-state index in [1.165, 1.54) is 147 Å². The first kappa shape index (κ1) is 149. The Morgan fingerprint density at radius 1 is 0.491 bits per heavy atom. The molecule has 0 atom stereocenters. The monoisotopic (exact) mass is 1590 g/mol. The summed E-state index contributed by atoms with van der Waals surface area (Å²) in [6.07, 6.45) is 34.8. The van der Waals surface area contributed by atoms with Crippen LogP contribution < -0.4 is 0 Å². The first-order valence-electron chi connectivity index (χ1n) is 45.0. The van der Waals surface area contributed by atoms with Gasteiger partial charge in [0.15, 0.2) is 0 Å². The van der Waals surface area contributed by atoms with Crippen LogP contribution in [0.25, 0.3) is 0 Å². The largest absolute Gasteiger partial charge is 0.391 e. The quantitative estimate of drug-likeness (QED) is 0.108. The van der Waals surface area contributed by atoms with Crippen LogP contribution in [0.3, 0.4) is 0 Å². The summed E-state index contributed by atoms with van der Waals surface area (Å²) in [6.45, 7) is 102. The second-order valence-electron chi connectivity index (χ2n) is 36.5. The van der Waals surface area contributed by atoms with Crippen LogP contribution in [0, 0.1) is 124 Å². The first-order chi connectivity index (χ1) is 49.3. The summed E-state index contributed by atoms with van der Waals surface area (Å²) in [5.74, 6) is 20.1. The summed E-state index contributed by atoms with van der Waals surface area (Å²) in [6, 6.07) is 0. The van der Waals surface area contributed by atoms with Crippen molar-refractivity contribution in [1.29, 1.82) is 0 Å². The van der Waals surface area contributed by atoms with Crippen LogP contribution in [0.1, 0.15) is 499 Å². The number of allylic oxidation sites excluding steroid dienone is 2. The molecule has 110 heavy (non-hydrogen) atoms. The second-order valence-corrected chi connectivity index (χ2v) is 36.5. The van der Waals surface area contributed by atoms with Gasteiger partial charge < -0.3 is 4.74 Å². The highest BCUT2D eigenvalue weighted by Gasteiger charge is 2.31. The third-order valence-corrected chi connectivity index (χ3v) is 17.4. The van der Waals surface area contributed by atoms with E-state index < -0.39 is 24.7 Å². The molecule has 0 aromatic heterocycles. The number of unbranched alkanes of at least 4 members (excludes halogenated alkanes) is 1. The molecule has 682 valence electrons. The Hall–Kier alpha value is -1.86. The molecule has 0 radical (unpaired) electrons. The summed E-state index contributed by atoms with van der Waals surface area (Å²) in [5.41, 5.74) is 2.30. The molecule has 0 bridgehead atoms. The van der Waals surface area contributed by atoms with Gasteiger partial charge in [0.05, 0.1) is 0 Å². The molecule has 0 amide bonds. The molecule has 0 saturated heterocycles. The zero-order valence-electron chi connectivity index (χ0n) is 83.4. The van der Waals surface area contributed by atoms with E-state index in [4.69, 9.17) is 11.2 Å². The molecule has 7 heteroatoms. The van der Waals surface area contributed by atoms with Crippen LogP contribution in [-0.2, 0) is 4.74 Å². The third-order valence-electron chi connectivity index (χ3n) is 17.4. The summed E-state index contributed by atoms with van der Waals surface area (Å²) in [7, 11) is 1.71. The Morgan fingerprint density at radius 2 is 0.755 bits per heavy atom. The fourth-order valence-electron chi connectivity index (χ4n) is 5.22. The molecule has 0 aromatic rings. The molecular weight excluding hydrogens is 1370 g/mol. The summed E-state index contributed by atoms with van der Waals surface area (Å²) >= 11 is 0. The normalized spacial score (nSPS) is 13.3. The zero-order chi connectivity index (χ0) is 89.3. The Bertz CT molecular complexity index is 1570. The fourth-order valence-corrected chi connectivity index (χ4v) is 5.22. The molecule has 0 spiro atoms. The van der Waals surface area contributed by atoms with E-state index in [0.717, 1.165) is 142 Å². The van der Waals surface area contributed by atoms with Crippen molar-refractivity contribution in [3.8, 4) is 24.2 Å². The van der Waals surface area contributed by atoms with Crippen molar-refractivity contribution in [2.45, 2.75) is 512 Å². The lowest BCUT2D eigenvalue weighted by Crippen LogP contribution is -2.15. The number of hydrogen-bond acceptors (Lipinski definition) is 1. The van der Waals surface area contributed by atoms with E-state index in [1.807, 2.05) is 33.8 Å². The van der Waals surface area contributed by atoms with E-state index in [-0.39, 0.29) is 14.9 Å². The Morgan fingerprint density at radius 3 is 0.773 bits per heavy atom. The summed E-state index contributed by atoms with van der Waals surface area (Å²) in [4.78, 5) is 0. The van der Waals surface area contributed by atoms with Crippen molar-refractivity contribution >= 4 is 0 Å². The van der Waals surface area contributed by atoms with Crippen molar-refractivity contribution in [1.82, 2.24) is 0 Å². The molecule has 5 aliphatic carbocycles. The number of alkyl halides is 6. The lowest BCUT2D eigenvalue weighted by molar-refractivity contribution is -0.164. The number of rotatable bonds is 12. The SMILES string of the molecule is C.C.C#CCC.C=C(C)CC.C=CCC.CC#CCC.CC(C)C.CC(C)C(C)(C)C.CC(C)C(C)C.CC(C)C(F)(F)F.CC(C)C1CC1.CC(C)CC(C)C.CC1CC1.CC1CCCC1.CC1CCCCC1.CCC(C)(C)C.CCC(C)C.CCC(C)C.CCC(F)(F)F.CCC1CC1.CCCC.CCCOC. The predicted molar refractivity (Wildman–Crippen MR) is 510 cm³/mol. The molecule has 5 rings (SSSR count). The molecule has 1 nitrogen and oxygen atoms in total. The molecule has 5 fully saturated rings. The maximum atomic E-state index is 11.2. The maximum absolute atomic E-state index is 11.2. The lowest BCUT2D eigenvalue weighted by Gasteiger charge is -2.22. The predicted octanol–water partition coefficient (Wildman–Crippen LogP) is 40.2. The topological polar surface area (TPSA) is 9.23 Å². The van der Waals surface area contributed by atoms with Crippen molar-refractivity contribution < 1.29 is 31.1 Å². The van der Waals surface area contributed by atoms with Gasteiger partial charge in [-0.25, -0.2) is 0 Å². The van der Waals surface area contributed by atoms with Crippen LogP contribution in [0.5, 0.6) is 0 Å². The Labute approximate surface area is 701 Å².